The molecule has 1 fully saturated rings. The van der Waals surface area contributed by atoms with Crippen LogP contribution in [0, 0.1) is 12.8 Å². The van der Waals surface area contributed by atoms with E-state index in [-0.39, 0.29) is 11.9 Å². The van der Waals surface area contributed by atoms with Gasteiger partial charge in [-0.25, -0.2) is 13.4 Å². The summed E-state index contributed by atoms with van der Waals surface area (Å²) in [6.07, 6.45) is -2.57. The van der Waals surface area contributed by atoms with Crippen molar-refractivity contribution in [2.45, 2.75) is 36.9 Å². The van der Waals surface area contributed by atoms with Gasteiger partial charge in [-0.15, -0.1) is 0 Å². The second kappa shape index (κ2) is 7.12. The fourth-order valence-electron chi connectivity index (χ4n) is 2.94. The summed E-state index contributed by atoms with van der Waals surface area (Å²) in [6.45, 7) is 1.74. The van der Waals surface area contributed by atoms with Crippen LogP contribution in [0.1, 0.15) is 35.8 Å². The topological polar surface area (TPSA) is 68.3 Å². The summed E-state index contributed by atoms with van der Waals surface area (Å²) >= 11 is 0. The van der Waals surface area contributed by atoms with E-state index < -0.39 is 26.7 Å². The van der Waals surface area contributed by atoms with E-state index in [4.69, 9.17) is 4.74 Å². The zero-order chi connectivity index (χ0) is 19.8. The van der Waals surface area contributed by atoms with Crippen LogP contribution in [-0.4, -0.2) is 20.5 Å². The highest BCUT2D eigenvalue weighted by atomic mass is 32.2. The number of rotatable bonds is 6. The summed E-state index contributed by atoms with van der Waals surface area (Å²) in [6, 6.07) is 6.79. The van der Waals surface area contributed by atoms with Gasteiger partial charge < -0.3 is 4.74 Å². The van der Waals surface area contributed by atoms with Gasteiger partial charge in [0.05, 0.1) is 16.6 Å². The zero-order valence-corrected chi connectivity index (χ0v) is 15.6. The third-order valence-corrected chi connectivity index (χ3v) is 5.80. The lowest BCUT2D eigenvalue weighted by Crippen LogP contribution is -2.16. The number of hydrogen-bond donors (Lipinski definition) is 1. The lowest BCUT2D eigenvalue weighted by molar-refractivity contribution is -0.137. The van der Waals surface area contributed by atoms with Crippen molar-refractivity contribution >= 4 is 15.8 Å². The van der Waals surface area contributed by atoms with Crippen molar-refractivity contribution in [2.24, 2.45) is 5.92 Å². The van der Waals surface area contributed by atoms with E-state index in [0.717, 1.165) is 36.6 Å². The SMILES string of the molecule is COC(c1ccc(NS(=O)(=O)c2cccc(C(F)(F)F)c2)nc1C)C1CC1. The van der Waals surface area contributed by atoms with E-state index in [9.17, 15) is 21.6 Å². The Labute approximate surface area is 155 Å². The molecule has 1 N–H and O–H groups in total. The summed E-state index contributed by atoms with van der Waals surface area (Å²) in [7, 11) is -2.58. The summed E-state index contributed by atoms with van der Waals surface area (Å²) in [5.74, 6) is 0.475. The lowest BCUT2D eigenvalue weighted by atomic mass is 10.0. The lowest BCUT2D eigenvalue weighted by Gasteiger charge is -2.18. The molecule has 1 aliphatic rings. The Balaban J connectivity index is 1.85. The third kappa shape index (κ3) is 4.41. The van der Waals surface area contributed by atoms with Crippen LogP contribution in [0.4, 0.5) is 19.0 Å². The number of alkyl halides is 3. The first-order chi connectivity index (χ1) is 12.6. The maximum Gasteiger partial charge on any atom is 0.416 e. The first-order valence-electron chi connectivity index (χ1n) is 8.32. The largest absolute Gasteiger partial charge is 0.416 e. The molecule has 0 amide bonds. The molecule has 1 aliphatic carbocycles. The number of pyridine rings is 1. The number of benzene rings is 1. The first-order valence-corrected chi connectivity index (χ1v) is 9.80. The molecular formula is C18H19F3N2O3S. The van der Waals surface area contributed by atoms with E-state index >= 15 is 0 Å². The second-order valence-electron chi connectivity index (χ2n) is 6.50. The van der Waals surface area contributed by atoms with Crippen molar-refractivity contribution in [2.75, 3.05) is 11.8 Å². The summed E-state index contributed by atoms with van der Waals surface area (Å²) < 4.78 is 71.1. The fourth-order valence-corrected chi connectivity index (χ4v) is 3.98. The van der Waals surface area contributed by atoms with Crippen molar-refractivity contribution in [3.8, 4) is 0 Å². The molecule has 0 aliphatic heterocycles. The minimum Gasteiger partial charge on any atom is -0.376 e. The van der Waals surface area contributed by atoms with E-state index in [1.54, 1.807) is 20.1 Å². The molecule has 0 bridgehead atoms. The molecule has 1 aromatic carbocycles. The minimum absolute atomic E-state index is 0.0410. The van der Waals surface area contributed by atoms with Gasteiger partial charge >= 0.3 is 6.18 Å². The average Bonchev–Trinajstić information content (AvgIpc) is 3.41. The molecule has 1 saturated carbocycles. The molecule has 5 nitrogen and oxygen atoms in total. The van der Waals surface area contributed by atoms with Crippen molar-refractivity contribution < 1.29 is 26.3 Å². The Kier molecular flexibility index (Phi) is 5.18. The fraction of sp³-hybridized carbons (Fsp3) is 0.389. The number of aryl methyl sites for hydroxylation is 1. The Morgan fingerprint density at radius 1 is 1.22 bits per heavy atom. The standard InChI is InChI=1S/C18H19F3N2O3S/c1-11-15(17(26-2)12-6-7-12)8-9-16(22-11)23-27(24,25)14-5-3-4-13(10-14)18(19,20)21/h3-5,8-10,12,17H,6-7H2,1-2H3,(H,22,23). The number of nitrogens with one attached hydrogen (secondary N) is 1. The summed E-state index contributed by atoms with van der Waals surface area (Å²) in [5, 5.41) is 0. The zero-order valence-electron chi connectivity index (χ0n) is 14.7. The van der Waals surface area contributed by atoms with Gasteiger partial charge in [0.15, 0.2) is 0 Å². The second-order valence-corrected chi connectivity index (χ2v) is 8.18. The maximum absolute atomic E-state index is 12.8. The van der Waals surface area contributed by atoms with Crippen molar-refractivity contribution in [1.82, 2.24) is 4.98 Å². The Morgan fingerprint density at radius 3 is 2.48 bits per heavy atom. The van der Waals surface area contributed by atoms with Gasteiger partial charge in [0, 0.05) is 18.4 Å². The predicted octanol–water partition coefficient (Wildman–Crippen LogP) is 4.31. The maximum atomic E-state index is 12.8. The monoisotopic (exact) mass is 400 g/mol. The van der Waals surface area contributed by atoms with E-state index in [2.05, 4.69) is 9.71 Å². The Hall–Kier alpha value is -2.13. The van der Waals surface area contributed by atoms with Gasteiger partial charge in [-0.1, -0.05) is 12.1 Å². The number of anilines is 1. The van der Waals surface area contributed by atoms with Crippen LogP contribution >= 0.6 is 0 Å². The molecular weight excluding hydrogens is 381 g/mol. The quantitative estimate of drug-likeness (QED) is 0.785. The average molecular weight is 400 g/mol. The number of nitrogens with zero attached hydrogens (tertiary/aromatic N) is 1. The van der Waals surface area contributed by atoms with Gasteiger partial charge in [-0.05, 0) is 49.9 Å². The van der Waals surface area contributed by atoms with Crippen LogP contribution in [0.3, 0.4) is 0 Å². The first kappa shape index (κ1) is 19.6. The number of hydrogen-bond acceptors (Lipinski definition) is 4. The molecule has 1 aromatic heterocycles. The van der Waals surface area contributed by atoms with Crippen molar-refractivity contribution in [3.05, 3.63) is 53.2 Å². The van der Waals surface area contributed by atoms with Gasteiger partial charge in [0.2, 0.25) is 0 Å². The molecule has 3 rings (SSSR count). The Bertz CT molecular complexity index is 941. The molecule has 0 saturated heterocycles. The molecule has 1 atom stereocenters. The van der Waals surface area contributed by atoms with Crippen LogP contribution in [0.2, 0.25) is 0 Å². The molecule has 146 valence electrons. The van der Waals surface area contributed by atoms with Crippen LogP contribution < -0.4 is 4.72 Å². The van der Waals surface area contributed by atoms with Crippen LogP contribution in [-0.2, 0) is 20.9 Å². The third-order valence-electron chi connectivity index (χ3n) is 4.45. The molecule has 1 unspecified atom stereocenters. The van der Waals surface area contributed by atoms with Gasteiger partial charge in [0.25, 0.3) is 10.0 Å². The molecule has 9 heteroatoms. The smallest absolute Gasteiger partial charge is 0.376 e. The predicted molar refractivity (Wildman–Crippen MR) is 93.7 cm³/mol. The normalized spacial score (nSPS) is 16.2. The molecule has 0 spiro atoms. The van der Waals surface area contributed by atoms with Gasteiger partial charge in [0.1, 0.15) is 5.82 Å². The van der Waals surface area contributed by atoms with Crippen LogP contribution in [0.25, 0.3) is 0 Å². The molecule has 2 aromatic rings. The molecule has 27 heavy (non-hydrogen) atoms. The number of ether oxygens (including phenoxy) is 1. The molecule has 0 radical (unpaired) electrons. The van der Waals surface area contributed by atoms with Gasteiger partial charge in [-0.2, -0.15) is 13.2 Å². The summed E-state index contributed by atoms with van der Waals surface area (Å²) in [5.41, 5.74) is 0.456. The minimum atomic E-state index is -4.63. The van der Waals surface area contributed by atoms with Crippen LogP contribution in [0.5, 0.6) is 0 Å². The van der Waals surface area contributed by atoms with E-state index in [1.165, 1.54) is 6.07 Å². The van der Waals surface area contributed by atoms with Crippen molar-refractivity contribution in [1.29, 1.82) is 0 Å². The molecule has 1 heterocycles. The highest BCUT2D eigenvalue weighted by Gasteiger charge is 2.34. The Morgan fingerprint density at radius 2 is 1.93 bits per heavy atom. The van der Waals surface area contributed by atoms with E-state index in [0.29, 0.717) is 17.7 Å². The number of sulfonamides is 1. The van der Waals surface area contributed by atoms with E-state index in [1.807, 2.05) is 0 Å². The number of methoxy groups -OCH3 is 1. The number of halogens is 3. The van der Waals surface area contributed by atoms with Crippen molar-refractivity contribution in [3.63, 3.8) is 0 Å². The van der Waals surface area contributed by atoms with Crippen LogP contribution in [0.15, 0.2) is 41.3 Å². The van der Waals surface area contributed by atoms with Gasteiger partial charge in [-0.3, -0.25) is 4.72 Å². The number of aromatic nitrogens is 1. The summed E-state index contributed by atoms with van der Waals surface area (Å²) in [4.78, 5) is 3.76. The highest BCUT2D eigenvalue weighted by molar-refractivity contribution is 7.92. The highest BCUT2D eigenvalue weighted by Crippen LogP contribution is 2.43.